The van der Waals surface area contributed by atoms with E-state index in [-0.39, 0.29) is 9.92 Å². The summed E-state index contributed by atoms with van der Waals surface area (Å²) in [7, 11) is -1.53. The van der Waals surface area contributed by atoms with Gasteiger partial charge in [-0.15, -0.1) is 4.83 Å². The van der Waals surface area contributed by atoms with E-state index in [4.69, 9.17) is 11.6 Å². The third kappa shape index (κ3) is 3.39. The number of halogens is 2. The predicted molar refractivity (Wildman–Crippen MR) is 64.0 cm³/mol. The zero-order valence-electron chi connectivity index (χ0n) is 9.18. The summed E-state index contributed by atoms with van der Waals surface area (Å²) < 4.78 is 36.6. The molecule has 1 rings (SSSR count). The number of nitrogens with zero attached hydrogens (tertiary/aromatic N) is 2. The summed E-state index contributed by atoms with van der Waals surface area (Å²) in [6, 6.07) is 5.86. The number of nitrogens with one attached hydrogen (secondary N) is 1. The maximum Gasteiger partial charge on any atom is 0.295 e. The summed E-state index contributed by atoms with van der Waals surface area (Å²) in [5.74, 6) is 0. The van der Waals surface area contributed by atoms with E-state index in [0.717, 1.165) is 0 Å². The molecule has 0 amide bonds. The quantitative estimate of drug-likeness (QED) is 0.394. The van der Waals surface area contributed by atoms with E-state index in [1.165, 1.54) is 32.3 Å². The summed E-state index contributed by atoms with van der Waals surface area (Å²) >= 11 is 5.74. The Morgan fingerprint density at radius 2 is 2.06 bits per heavy atom. The van der Waals surface area contributed by atoms with Crippen molar-refractivity contribution in [2.24, 2.45) is 4.99 Å². The van der Waals surface area contributed by atoms with Crippen LogP contribution in [0.25, 0.3) is 0 Å². The minimum atomic E-state index is -3.92. The number of benzene rings is 1. The second-order valence-corrected chi connectivity index (χ2v) is 5.11. The molecule has 0 aliphatic carbocycles. The topological polar surface area (TPSA) is 61.8 Å². The first-order valence-corrected chi connectivity index (χ1v) is 6.37. The van der Waals surface area contributed by atoms with Crippen LogP contribution in [0.3, 0.4) is 0 Å². The van der Waals surface area contributed by atoms with Crippen LogP contribution in [-0.2, 0) is 10.0 Å². The number of amidine groups is 1. The summed E-state index contributed by atoms with van der Waals surface area (Å²) in [6.45, 7) is 0. The number of hydrogen-bond acceptors (Lipinski definition) is 3. The SMILES string of the molecule is C/N=C(/F)N(C)NS(=O)(=O)c1ccccc1Cl. The van der Waals surface area contributed by atoms with Gasteiger partial charge in [0.25, 0.3) is 16.1 Å². The lowest BCUT2D eigenvalue weighted by Crippen LogP contribution is -2.41. The number of hydrazine groups is 1. The molecule has 5 nitrogen and oxygen atoms in total. The molecule has 0 unspecified atom stereocenters. The van der Waals surface area contributed by atoms with Crippen LogP contribution in [0.15, 0.2) is 34.2 Å². The molecule has 1 N–H and O–H groups in total. The molecule has 1 aromatic carbocycles. The Kier molecular flexibility index (Phi) is 4.44. The molecule has 0 atom stereocenters. The van der Waals surface area contributed by atoms with Gasteiger partial charge in [0, 0.05) is 14.1 Å². The molecule has 0 heterocycles. The van der Waals surface area contributed by atoms with E-state index >= 15 is 0 Å². The van der Waals surface area contributed by atoms with Gasteiger partial charge in [-0.2, -0.15) is 4.39 Å². The average molecular weight is 280 g/mol. The molecule has 94 valence electrons. The van der Waals surface area contributed by atoms with Crippen molar-refractivity contribution in [1.82, 2.24) is 9.84 Å². The van der Waals surface area contributed by atoms with Gasteiger partial charge in [0.1, 0.15) is 4.90 Å². The summed E-state index contributed by atoms with van der Waals surface area (Å²) in [6.07, 6.45) is -0.958. The Bertz CT molecular complexity index is 533. The Labute approximate surface area is 104 Å². The van der Waals surface area contributed by atoms with E-state index in [1.807, 2.05) is 4.83 Å². The highest BCUT2D eigenvalue weighted by Gasteiger charge is 2.20. The van der Waals surface area contributed by atoms with Crippen molar-refractivity contribution in [3.63, 3.8) is 0 Å². The highest BCUT2D eigenvalue weighted by molar-refractivity contribution is 7.89. The van der Waals surface area contributed by atoms with Crippen LogP contribution in [0.1, 0.15) is 0 Å². The molecular weight excluding hydrogens is 269 g/mol. The highest BCUT2D eigenvalue weighted by atomic mass is 35.5. The van der Waals surface area contributed by atoms with Crippen LogP contribution in [0.5, 0.6) is 0 Å². The second kappa shape index (κ2) is 5.44. The maximum absolute atomic E-state index is 13.0. The van der Waals surface area contributed by atoms with Gasteiger partial charge < -0.3 is 0 Å². The van der Waals surface area contributed by atoms with Crippen molar-refractivity contribution in [1.29, 1.82) is 0 Å². The third-order valence-corrected chi connectivity index (χ3v) is 3.74. The van der Waals surface area contributed by atoms with E-state index in [1.54, 1.807) is 6.07 Å². The van der Waals surface area contributed by atoms with E-state index in [9.17, 15) is 12.8 Å². The second-order valence-electron chi connectivity index (χ2n) is 3.08. The normalized spacial score (nSPS) is 12.6. The van der Waals surface area contributed by atoms with Crippen LogP contribution >= 0.6 is 11.6 Å². The first-order chi connectivity index (χ1) is 7.88. The third-order valence-electron chi connectivity index (χ3n) is 1.84. The molecule has 8 heteroatoms. The summed E-state index contributed by atoms with van der Waals surface area (Å²) in [4.78, 5) is 5.06. The molecule has 0 aliphatic rings. The van der Waals surface area contributed by atoms with Gasteiger partial charge in [-0.25, -0.2) is 13.4 Å². The summed E-state index contributed by atoms with van der Waals surface area (Å²) in [5, 5.41) is 0.709. The largest absolute Gasteiger partial charge is 0.295 e. The lowest BCUT2D eigenvalue weighted by molar-refractivity contribution is 0.402. The van der Waals surface area contributed by atoms with Crippen molar-refractivity contribution in [2.45, 2.75) is 4.90 Å². The average Bonchev–Trinajstić information content (AvgIpc) is 2.27. The van der Waals surface area contributed by atoms with Gasteiger partial charge in [0.2, 0.25) is 0 Å². The zero-order chi connectivity index (χ0) is 13.1. The molecule has 0 bridgehead atoms. The van der Waals surface area contributed by atoms with Gasteiger partial charge in [-0.1, -0.05) is 23.7 Å². The first kappa shape index (κ1) is 13.9. The fraction of sp³-hybridized carbons (Fsp3) is 0.222. The van der Waals surface area contributed by atoms with Crippen molar-refractivity contribution in [2.75, 3.05) is 14.1 Å². The predicted octanol–water partition coefficient (Wildman–Crippen LogP) is 1.42. The smallest absolute Gasteiger partial charge is 0.257 e. The fourth-order valence-corrected chi connectivity index (χ4v) is 2.64. The lowest BCUT2D eigenvalue weighted by atomic mass is 10.4. The minimum absolute atomic E-state index is 0.0576. The minimum Gasteiger partial charge on any atom is -0.257 e. The molecule has 0 aromatic heterocycles. The van der Waals surface area contributed by atoms with Crippen molar-refractivity contribution in [3.8, 4) is 0 Å². The molecule has 17 heavy (non-hydrogen) atoms. The van der Waals surface area contributed by atoms with Crippen molar-refractivity contribution >= 4 is 27.7 Å². The van der Waals surface area contributed by atoms with Crippen molar-refractivity contribution < 1.29 is 12.8 Å². The van der Waals surface area contributed by atoms with Gasteiger partial charge in [-0.05, 0) is 12.1 Å². The Morgan fingerprint density at radius 3 is 2.59 bits per heavy atom. The van der Waals surface area contributed by atoms with Gasteiger partial charge in [0.15, 0.2) is 0 Å². The molecular formula is C9H11ClFN3O2S. The van der Waals surface area contributed by atoms with Crippen LogP contribution in [-0.4, -0.2) is 33.6 Å². The van der Waals surface area contributed by atoms with Crippen LogP contribution in [0.4, 0.5) is 4.39 Å². The van der Waals surface area contributed by atoms with Gasteiger partial charge >= 0.3 is 0 Å². The first-order valence-electron chi connectivity index (χ1n) is 4.51. The zero-order valence-corrected chi connectivity index (χ0v) is 10.8. The lowest BCUT2D eigenvalue weighted by Gasteiger charge is -2.16. The Hall–Kier alpha value is -1.18. The van der Waals surface area contributed by atoms with Gasteiger partial charge in [-0.3, -0.25) is 5.01 Å². The molecule has 0 saturated heterocycles. The highest BCUT2D eigenvalue weighted by Crippen LogP contribution is 2.20. The van der Waals surface area contributed by atoms with E-state index in [0.29, 0.717) is 5.01 Å². The molecule has 1 aromatic rings. The fourth-order valence-electron chi connectivity index (χ4n) is 1.08. The molecule has 0 fully saturated rings. The Balaban J connectivity index is 3.02. The monoisotopic (exact) mass is 279 g/mol. The number of aliphatic imine (C=N–C) groups is 1. The van der Waals surface area contributed by atoms with Crippen LogP contribution in [0, 0.1) is 0 Å². The number of hydrogen-bond donors (Lipinski definition) is 1. The van der Waals surface area contributed by atoms with Crippen LogP contribution in [0.2, 0.25) is 5.02 Å². The number of sulfonamides is 1. The molecule has 0 radical (unpaired) electrons. The standard InChI is InChI=1S/C9H11ClFN3O2S/c1-12-9(11)14(2)13-17(15,16)8-6-4-3-5-7(8)10/h3-6,13H,1-2H3/b12-9-. The van der Waals surface area contributed by atoms with E-state index < -0.39 is 16.1 Å². The van der Waals surface area contributed by atoms with Crippen LogP contribution < -0.4 is 4.83 Å². The Morgan fingerprint density at radius 1 is 1.47 bits per heavy atom. The molecule has 0 aliphatic heterocycles. The van der Waals surface area contributed by atoms with Crippen molar-refractivity contribution in [3.05, 3.63) is 29.3 Å². The molecule has 0 spiro atoms. The maximum atomic E-state index is 13.0. The van der Waals surface area contributed by atoms with Gasteiger partial charge in [0.05, 0.1) is 5.02 Å². The van der Waals surface area contributed by atoms with E-state index in [2.05, 4.69) is 4.99 Å². The molecule has 0 saturated carbocycles. The number of rotatable bonds is 3. The summed E-state index contributed by atoms with van der Waals surface area (Å²) in [5.41, 5.74) is 0.